The van der Waals surface area contributed by atoms with Gasteiger partial charge >= 0.3 is 0 Å². The number of aromatic nitrogens is 1. The first-order chi connectivity index (χ1) is 18.6. The molecule has 38 heavy (non-hydrogen) atoms. The summed E-state index contributed by atoms with van der Waals surface area (Å²) in [4.78, 5) is 23.3. The van der Waals surface area contributed by atoms with Gasteiger partial charge in [0.2, 0.25) is 5.91 Å². The van der Waals surface area contributed by atoms with Crippen LogP contribution in [0.5, 0.6) is 0 Å². The normalized spacial score (nSPS) is 10.9. The molecule has 7 heteroatoms. The highest BCUT2D eigenvalue weighted by molar-refractivity contribution is 5.94. The Morgan fingerprint density at radius 1 is 0.816 bits per heavy atom. The van der Waals surface area contributed by atoms with Gasteiger partial charge in [0.15, 0.2) is 0 Å². The van der Waals surface area contributed by atoms with Gasteiger partial charge in [-0.3, -0.25) is 14.9 Å². The van der Waals surface area contributed by atoms with E-state index >= 15 is 0 Å². The van der Waals surface area contributed by atoms with Crippen molar-refractivity contribution in [3.05, 3.63) is 143 Å². The van der Waals surface area contributed by atoms with Crippen molar-refractivity contribution < 1.29 is 9.72 Å². The van der Waals surface area contributed by atoms with Gasteiger partial charge in [-0.25, -0.2) is 5.43 Å². The van der Waals surface area contributed by atoms with Crippen LogP contribution in [0.1, 0.15) is 11.1 Å². The molecule has 0 saturated heterocycles. The maximum Gasteiger partial charge on any atom is 0.269 e. The topological polar surface area (TPSA) is 89.5 Å². The van der Waals surface area contributed by atoms with E-state index in [4.69, 9.17) is 0 Å². The fourth-order valence-corrected chi connectivity index (χ4v) is 4.33. The van der Waals surface area contributed by atoms with Crippen LogP contribution >= 0.6 is 0 Å². The van der Waals surface area contributed by atoms with Crippen molar-refractivity contribution in [2.45, 2.75) is 6.42 Å². The fourth-order valence-electron chi connectivity index (χ4n) is 4.33. The largest absolute Gasteiger partial charge is 0.309 e. The van der Waals surface area contributed by atoms with E-state index < -0.39 is 4.92 Å². The number of amides is 1. The first kappa shape index (κ1) is 24.4. The molecule has 0 atom stereocenters. The van der Waals surface area contributed by atoms with Gasteiger partial charge in [0.25, 0.3) is 5.69 Å². The molecule has 1 aromatic heterocycles. The van der Waals surface area contributed by atoms with Gasteiger partial charge < -0.3 is 4.57 Å². The zero-order valence-electron chi connectivity index (χ0n) is 20.4. The van der Waals surface area contributed by atoms with E-state index in [-0.39, 0.29) is 18.0 Å². The zero-order chi connectivity index (χ0) is 26.3. The number of hydrogen-bond donors (Lipinski definition) is 1. The van der Waals surface area contributed by atoms with Crippen molar-refractivity contribution in [1.29, 1.82) is 0 Å². The number of hydrazone groups is 1. The smallest absolute Gasteiger partial charge is 0.269 e. The summed E-state index contributed by atoms with van der Waals surface area (Å²) in [5, 5.41) is 15.5. The van der Waals surface area contributed by atoms with Gasteiger partial charge in [-0.05, 0) is 34.9 Å². The summed E-state index contributed by atoms with van der Waals surface area (Å²) >= 11 is 0. The number of carbonyl (C=O) groups excluding carboxylic acids is 1. The molecule has 7 nitrogen and oxygen atoms in total. The van der Waals surface area contributed by atoms with Crippen LogP contribution < -0.4 is 5.43 Å². The fraction of sp³-hybridized carbons (Fsp3) is 0.0323. The second kappa shape index (κ2) is 11.2. The highest BCUT2D eigenvalue weighted by Gasteiger charge is 2.19. The highest BCUT2D eigenvalue weighted by Crippen LogP contribution is 2.35. The Bertz CT molecular complexity index is 1580. The molecule has 0 bridgehead atoms. The number of benzene rings is 4. The Hall–Kier alpha value is -5.30. The number of nitro groups is 1. The quantitative estimate of drug-likeness (QED) is 0.152. The van der Waals surface area contributed by atoms with Crippen LogP contribution in [0.25, 0.3) is 28.2 Å². The summed E-state index contributed by atoms with van der Waals surface area (Å²) in [5.41, 5.74) is 8.74. The number of rotatable bonds is 8. The van der Waals surface area contributed by atoms with Gasteiger partial charge in [-0.15, -0.1) is 0 Å². The average molecular weight is 501 g/mol. The summed E-state index contributed by atoms with van der Waals surface area (Å²) < 4.78 is 2.06. The molecular formula is C31H24N4O3. The minimum absolute atomic E-state index is 0.0198. The van der Waals surface area contributed by atoms with Crippen LogP contribution in [-0.4, -0.2) is 21.6 Å². The lowest BCUT2D eigenvalue weighted by molar-refractivity contribution is -0.384. The number of nitro benzene ring substituents is 1. The van der Waals surface area contributed by atoms with E-state index in [9.17, 15) is 14.9 Å². The molecule has 0 saturated carbocycles. The van der Waals surface area contributed by atoms with Gasteiger partial charge in [-0.2, -0.15) is 5.10 Å². The number of hydrogen-bond acceptors (Lipinski definition) is 4. The lowest BCUT2D eigenvalue weighted by Crippen LogP contribution is -2.19. The van der Waals surface area contributed by atoms with Crippen molar-refractivity contribution in [2.24, 2.45) is 5.10 Å². The first-order valence-corrected chi connectivity index (χ1v) is 12.1. The Kier molecular flexibility index (Phi) is 7.18. The minimum atomic E-state index is -0.411. The Morgan fingerprint density at radius 2 is 1.39 bits per heavy atom. The van der Waals surface area contributed by atoms with Gasteiger partial charge in [0, 0.05) is 23.4 Å². The molecule has 0 aliphatic carbocycles. The standard InChI is InChI=1S/C31H24N4O3/c36-30(20-23-10-4-1-5-11-23)33-32-22-26-21-29(24-12-6-2-7-13-24)34(31(26)25-14-8-3-9-15-25)27-16-18-28(19-17-27)35(37)38/h1-19,21-22H,20H2,(H,33,36)/b32-22+. The summed E-state index contributed by atoms with van der Waals surface area (Å²) in [6.45, 7) is 0. The summed E-state index contributed by atoms with van der Waals surface area (Å²) in [6.07, 6.45) is 1.86. The zero-order valence-corrected chi connectivity index (χ0v) is 20.4. The molecule has 5 rings (SSSR count). The number of nitrogens with zero attached hydrogens (tertiary/aromatic N) is 3. The molecule has 0 unspecified atom stereocenters. The van der Waals surface area contributed by atoms with Crippen molar-refractivity contribution in [2.75, 3.05) is 0 Å². The number of carbonyl (C=O) groups is 1. The maximum absolute atomic E-state index is 12.5. The molecule has 0 aliphatic heterocycles. The van der Waals surface area contributed by atoms with Crippen LogP contribution in [0.3, 0.4) is 0 Å². The van der Waals surface area contributed by atoms with Gasteiger partial charge in [-0.1, -0.05) is 91.0 Å². The van der Waals surface area contributed by atoms with Crippen LogP contribution in [-0.2, 0) is 11.2 Å². The lowest BCUT2D eigenvalue weighted by atomic mass is 10.1. The predicted molar refractivity (Wildman–Crippen MR) is 149 cm³/mol. The molecule has 0 fully saturated rings. The molecule has 5 aromatic rings. The molecule has 0 radical (unpaired) electrons. The molecule has 186 valence electrons. The van der Waals surface area contributed by atoms with Crippen LogP contribution in [0, 0.1) is 10.1 Å². The maximum atomic E-state index is 12.5. The van der Waals surface area contributed by atoms with Gasteiger partial charge in [0.05, 0.1) is 28.9 Å². The third kappa shape index (κ3) is 5.42. The first-order valence-electron chi connectivity index (χ1n) is 12.1. The Labute approximate surface area is 219 Å². The lowest BCUT2D eigenvalue weighted by Gasteiger charge is -2.15. The highest BCUT2D eigenvalue weighted by atomic mass is 16.6. The molecule has 4 aromatic carbocycles. The van der Waals surface area contributed by atoms with E-state index in [1.165, 1.54) is 12.1 Å². The third-order valence-electron chi connectivity index (χ3n) is 6.07. The molecule has 0 spiro atoms. The van der Waals surface area contributed by atoms with Crippen LogP contribution in [0.15, 0.2) is 126 Å². The van der Waals surface area contributed by atoms with E-state index in [2.05, 4.69) is 15.1 Å². The minimum Gasteiger partial charge on any atom is -0.309 e. The van der Waals surface area contributed by atoms with E-state index in [1.54, 1.807) is 18.3 Å². The summed E-state index contributed by atoms with van der Waals surface area (Å²) in [7, 11) is 0. The SMILES string of the molecule is O=C(Cc1ccccc1)N/N=C/c1cc(-c2ccccc2)n(-c2ccc([N+](=O)[O-])cc2)c1-c1ccccc1. The monoisotopic (exact) mass is 500 g/mol. The molecule has 1 heterocycles. The van der Waals surface area contributed by atoms with E-state index in [1.807, 2.05) is 97.1 Å². The average Bonchev–Trinajstić information content (AvgIpc) is 3.34. The van der Waals surface area contributed by atoms with Crippen molar-refractivity contribution in [3.8, 4) is 28.2 Å². The number of nitrogens with one attached hydrogen (secondary N) is 1. The van der Waals surface area contributed by atoms with Crippen LogP contribution in [0.2, 0.25) is 0 Å². The second-order valence-electron chi connectivity index (χ2n) is 8.63. The molecule has 0 aliphatic rings. The summed E-state index contributed by atoms with van der Waals surface area (Å²) in [5.74, 6) is -0.216. The van der Waals surface area contributed by atoms with Crippen molar-refractivity contribution in [1.82, 2.24) is 9.99 Å². The Balaban J connectivity index is 1.59. The van der Waals surface area contributed by atoms with Crippen molar-refractivity contribution in [3.63, 3.8) is 0 Å². The second-order valence-corrected chi connectivity index (χ2v) is 8.63. The Morgan fingerprint density at radius 3 is 2.00 bits per heavy atom. The summed E-state index contributed by atoms with van der Waals surface area (Å²) in [6, 6.07) is 37.7. The van der Waals surface area contributed by atoms with Crippen molar-refractivity contribution >= 4 is 17.8 Å². The van der Waals surface area contributed by atoms with Gasteiger partial charge in [0.1, 0.15) is 0 Å². The number of non-ortho nitro benzene ring substituents is 1. The predicted octanol–water partition coefficient (Wildman–Crippen LogP) is 6.41. The third-order valence-corrected chi connectivity index (χ3v) is 6.07. The molecular weight excluding hydrogens is 476 g/mol. The van der Waals surface area contributed by atoms with E-state index in [0.717, 1.165) is 39.3 Å². The van der Waals surface area contributed by atoms with Crippen LogP contribution in [0.4, 0.5) is 5.69 Å². The molecule has 1 N–H and O–H groups in total. The van der Waals surface area contributed by atoms with E-state index in [0.29, 0.717) is 0 Å². The molecule has 1 amide bonds.